The number of ether oxygens (including phenoxy) is 1. The molecule has 0 unspecified atom stereocenters. The van der Waals surface area contributed by atoms with Crippen molar-refractivity contribution in [1.82, 2.24) is 4.90 Å². The summed E-state index contributed by atoms with van der Waals surface area (Å²) in [5.41, 5.74) is 2.60. The molecule has 0 spiro atoms. The molecule has 1 saturated heterocycles. The molecule has 0 saturated carbocycles. The van der Waals surface area contributed by atoms with Crippen molar-refractivity contribution in [2.45, 2.75) is 13.2 Å². The Balaban J connectivity index is 1.54. The van der Waals surface area contributed by atoms with Gasteiger partial charge in [-0.1, -0.05) is 51.8 Å². The SMILES string of the molecule is O=C1S/C(=C/c2cc(Br)ccc2OCc2ccc(Cl)cc2)C(=O)N1Cc1ccc(I)cc1. The Morgan fingerprint density at radius 2 is 1.69 bits per heavy atom. The first-order valence-corrected chi connectivity index (χ1v) is 12.6. The molecular formula is C24H16BrClINO3S. The molecule has 32 heavy (non-hydrogen) atoms. The zero-order valence-electron chi connectivity index (χ0n) is 16.6. The molecule has 1 fully saturated rings. The van der Waals surface area contributed by atoms with Crippen molar-refractivity contribution in [3.63, 3.8) is 0 Å². The van der Waals surface area contributed by atoms with Crippen molar-refractivity contribution in [2.24, 2.45) is 0 Å². The topological polar surface area (TPSA) is 46.6 Å². The molecule has 2 amide bonds. The molecule has 4 nitrogen and oxygen atoms in total. The maximum Gasteiger partial charge on any atom is 0.293 e. The minimum Gasteiger partial charge on any atom is -0.488 e. The van der Waals surface area contributed by atoms with Crippen molar-refractivity contribution in [3.8, 4) is 5.75 Å². The molecule has 1 aliphatic rings. The van der Waals surface area contributed by atoms with E-state index in [9.17, 15) is 9.59 Å². The van der Waals surface area contributed by atoms with Gasteiger partial charge in [0.05, 0.1) is 11.4 Å². The van der Waals surface area contributed by atoms with Gasteiger partial charge in [0.25, 0.3) is 11.1 Å². The first-order chi connectivity index (χ1) is 15.4. The number of benzene rings is 3. The normalized spacial score (nSPS) is 15.0. The van der Waals surface area contributed by atoms with Gasteiger partial charge in [-0.2, -0.15) is 0 Å². The molecule has 4 rings (SSSR count). The molecule has 1 aliphatic heterocycles. The smallest absolute Gasteiger partial charge is 0.293 e. The second-order valence-corrected chi connectivity index (χ2v) is 10.6. The summed E-state index contributed by atoms with van der Waals surface area (Å²) in [5, 5.41) is 0.387. The van der Waals surface area contributed by atoms with E-state index in [0.717, 1.165) is 30.9 Å². The predicted octanol–water partition coefficient (Wildman–Crippen LogP) is 7.52. The van der Waals surface area contributed by atoms with Gasteiger partial charge in [-0.15, -0.1) is 0 Å². The number of rotatable bonds is 6. The summed E-state index contributed by atoms with van der Waals surface area (Å²) in [6.45, 7) is 0.602. The van der Waals surface area contributed by atoms with Gasteiger partial charge in [0, 0.05) is 18.6 Å². The summed E-state index contributed by atoms with van der Waals surface area (Å²) in [6.07, 6.45) is 1.71. The quantitative estimate of drug-likeness (QED) is 0.207. The van der Waals surface area contributed by atoms with Crippen molar-refractivity contribution in [2.75, 3.05) is 0 Å². The fraction of sp³-hybridized carbons (Fsp3) is 0.0833. The van der Waals surface area contributed by atoms with Gasteiger partial charge in [0.2, 0.25) is 0 Å². The average Bonchev–Trinajstić information content (AvgIpc) is 3.03. The van der Waals surface area contributed by atoms with Crippen LogP contribution in [0.15, 0.2) is 76.1 Å². The van der Waals surface area contributed by atoms with Gasteiger partial charge in [-0.05, 0) is 94.0 Å². The number of nitrogens with zero attached hydrogens (tertiary/aromatic N) is 1. The first kappa shape index (κ1) is 23.4. The van der Waals surface area contributed by atoms with Crippen LogP contribution in [-0.4, -0.2) is 16.0 Å². The second kappa shape index (κ2) is 10.4. The lowest BCUT2D eigenvalue weighted by Gasteiger charge is -2.13. The first-order valence-electron chi connectivity index (χ1n) is 9.55. The van der Waals surface area contributed by atoms with Crippen molar-refractivity contribution < 1.29 is 14.3 Å². The van der Waals surface area contributed by atoms with Crippen LogP contribution >= 0.6 is 61.9 Å². The highest BCUT2D eigenvalue weighted by atomic mass is 127. The molecule has 0 bridgehead atoms. The van der Waals surface area contributed by atoms with E-state index in [4.69, 9.17) is 16.3 Å². The van der Waals surface area contributed by atoms with E-state index in [1.165, 1.54) is 4.90 Å². The standard InChI is InChI=1S/C24H16BrClINO3S/c25-18-5-10-21(31-14-16-1-6-19(26)7-2-16)17(11-18)12-22-23(29)28(24(30)32-22)13-15-3-8-20(27)9-4-15/h1-12H,13-14H2/b22-12+. The molecule has 0 radical (unpaired) electrons. The monoisotopic (exact) mass is 639 g/mol. The summed E-state index contributed by atoms with van der Waals surface area (Å²) in [7, 11) is 0. The van der Waals surface area contributed by atoms with E-state index in [-0.39, 0.29) is 17.7 Å². The van der Waals surface area contributed by atoms with Crippen molar-refractivity contribution in [3.05, 3.63) is 101 Å². The van der Waals surface area contributed by atoms with Crippen LogP contribution in [0.5, 0.6) is 5.75 Å². The molecule has 0 atom stereocenters. The third-order valence-electron chi connectivity index (χ3n) is 4.69. The van der Waals surface area contributed by atoms with Crippen LogP contribution in [-0.2, 0) is 17.9 Å². The van der Waals surface area contributed by atoms with E-state index in [0.29, 0.717) is 27.8 Å². The third kappa shape index (κ3) is 5.75. The second-order valence-electron chi connectivity index (χ2n) is 6.99. The molecule has 3 aromatic rings. The molecule has 8 heteroatoms. The van der Waals surface area contributed by atoms with Crippen LogP contribution in [0.4, 0.5) is 4.79 Å². The zero-order valence-corrected chi connectivity index (χ0v) is 21.9. The highest BCUT2D eigenvalue weighted by Crippen LogP contribution is 2.36. The van der Waals surface area contributed by atoms with Crippen LogP contribution in [0.25, 0.3) is 6.08 Å². The van der Waals surface area contributed by atoms with E-state index in [2.05, 4.69) is 38.5 Å². The fourth-order valence-corrected chi connectivity index (χ4v) is 4.75. The zero-order chi connectivity index (χ0) is 22.7. The Morgan fingerprint density at radius 1 is 1.00 bits per heavy atom. The summed E-state index contributed by atoms with van der Waals surface area (Å²) in [5.74, 6) is 0.315. The maximum absolute atomic E-state index is 12.9. The summed E-state index contributed by atoms with van der Waals surface area (Å²) < 4.78 is 7.94. The van der Waals surface area contributed by atoms with E-state index < -0.39 is 0 Å². The summed E-state index contributed by atoms with van der Waals surface area (Å²) in [4.78, 5) is 27.1. The number of carbonyl (C=O) groups excluding carboxylic acids is 2. The third-order valence-corrected chi connectivity index (χ3v) is 7.07. The van der Waals surface area contributed by atoms with Crippen LogP contribution in [0, 0.1) is 3.57 Å². The summed E-state index contributed by atoms with van der Waals surface area (Å²) >= 11 is 12.6. The molecule has 162 valence electrons. The van der Waals surface area contributed by atoms with Gasteiger partial charge in [-0.3, -0.25) is 14.5 Å². The molecule has 3 aromatic carbocycles. The highest BCUT2D eigenvalue weighted by molar-refractivity contribution is 14.1. The van der Waals surface area contributed by atoms with Crippen molar-refractivity contribution in [1.29, 1.82) is 0 Å². The predicted molar refractivity (Wildman–Crippen MR) is 141 cm³/mol. The van der Waals surface area contributed by atoms with Crippen LogP contribution in [0.3, 0.4) is 0 Å². The Hall–Kier alpha value is -1.81. The van der Waals surface area contributed by atoms with Crippen LogP contribution in [0.1, 0.15) is 16.7 Å². The van der Waals surface area contributed by atoms with Gasteiger partial charge in [-0.25, -0.2) is 0 Å². The van der Waals surface area contributed by atoms with Crippen LogP contribution in [0.2, 0.25) is 5.02 Å². The molecule has 0 aromatic heterocycles. The van der Waals surface area contributed by atoms with E-state index >= 15 is 0 Å². The maximum atomic E-state index is 12.9. The highest BCUT2D eigenvalue weighted by Gasteiger charge is 2.35. The Labute approximate surface area is 217 Å². The Kier molecular flexibility index (Phi) is 7.60. The lowest BCUT2D eigenvalue weighted by Crippen LogP contribution is -2.27. The lowest BCUT2D eigenvalue weighted by molar-refractivity contribution is -0.123. The number of thioether (sulfide) groups is 1. The van der Waals surface area contributed by atoms with Gasteiger partial charge >= 0.3 is 0 Å². The molecular weight excluding hydrogens is 625 g/mol. The Bertz CT molecular complexity index is 1200. The average molecular weight is 641 g/mol. The van der Waals surface area contributed by atoms with E-state index in [1.807, 2.05) is 66.7 Å². The van der Waals surface area contributed by atoms with Gasteiger partial charge in [0.15, 0.2) is 0 Å². The number of hydrogen-bond donors (Lipinski definition) is 0. The largest absolute Gasteiger partial charge is 0.488 e. The van der Waals surface area contributed by atoms with Crippen molar-refractivity contribution >= 4 is 79.1 Å². The fourth-order valence-electron chi connectivity index (χ4n) is 3.06. The molecule has 0 N–H and O–H groups in total. The molecule has 1 heterocycles. The number of amides is 2. The minimum absolute atomic E-state index is 0.247. The van der Waals surface area contributed by atoms with E-state index in [1.54, 1.807) is 6.08 Å². The number of imide groups is 1. The van der Waals surface area contributed by atoms with Crippen LogP contribution < -0.4 is 4.74 Å². The number of hydrogen-bond acceptors (Lipinski definition) is 4. The Morgan fingerprint density at radius 3 is 2.41 bits per heavy atom. The number of halogens is 3. The lowest BCUT2D eigenvalue weighted by atomic mass is 10.1. The van der Waals surface area contributed by atoms with Gasteiger partial charge in [0.1, 0.15) is 12.4 Å². The van der Waals surface area contributed by atoms with Gasteiger partial charge < -0.3 is 4.74 Å². The molecule has 0 aliphatic carbocycles. The summed E-state index contributed by atoms with van der Waals surface area (Å²) in [6, 6.07) is 20.8. The number of carbonyl (C=O) groups is 2. The minimum atomic E-state index is -0.304.